The van der Waals surface area contributed by atoms with Crippen molar-refractivity contribution in [3.05, 3.63) is 0 Å². The maximum absolute atomic E-state index is 11.2. The predicted molar refractivity (Wildman–Crippen MR) is 45.4 cm³/mol. The van der Waals surface area contributed by atoms with Crippen LogP contribution < -0.4 is 5.73 Å². The molecule has 0 aromatic rings. The summed E-state index contributed by atoms with van der Waals surface area (Å²) in [5.74, 6) is 0.430. The molecule has 1 amide bonds. The van der Waals surface area contributed by atoms with E-state index in [0.717, 1.165) is 6.42 Å². The topological polar surface area (TPSA) is 66.6 Å². The van der Waals surface area contributed by atoms with Crippen molar-refractivity contribution in [2.24, 2.45) is 11.7 Å². The van der Waals surface area contributed by atoms with E-state index in [2.05, 4.69) is 0 Å². The van der Waals surface area contributed by atoms with Crippen LogP contribution in [0.25, 0.3) is 0 Å². The Morgan fingerprint density at radius 2 is 2.42 bits per heavy atom. The second kappa shape index (κ2) is 4.42. The number of piperidine rings is 1. The molecule has 1 rings (SSSR count). The number of carbonyl (C=O) groups excluding carboxylic acids is 1. The van der Waals surface area contributed by atoms with Crippen LogP contribution >= 0.6 is 0 Å². The minimum Gasteiger partial charge on any atom is -0.396 e. The van der Waals surface area contributed by atoms with Gasteiger partial charge in [-0.25, -0.2) is 0 Å². The summed E-state index contributed by atoms with van der Waals surface area (Å²) < 4.78 is 0. The van der Waals surface area contributed by atoms with Gasteiger partial charge in [-0.1, -0.05) is 0 Å². The zero-order valence-electron chi connectivity index (χ0n) is 7.20. The molecule has 0 aromatic heterocycles. The molecule has 1 aliphatic rings. The molecule has 0 aliphatic carbocycles. The maximum atomic E-state index is 11.2. The van der Waals surface area contributed by atoms with E-state index in [1.165, 1.54) is 0 Å². The Kier molecular flexibility index (Phi) is 3.49. The van der Waals surface area contributed by atoms with E-state index in [1.54, 1.807) is 4.90 Å². The lowest BCUT2D eigenvalue weighted by Crippen LogP contribution is -2.43. The fourth-order valence-electron chi connectivity index (χ4n) is 1.51. The Morgan fingerprint density at radius 1 is 1.67 bits per heavy atom. The molecule has 0 radical (unpaired) electrons. The highest BCUT2D eigenvalue weighted by Crippen LogP contribution is 2.16. The van der Waals surface area contributed by atoms with Gasteiger partial charge in [0.2, 0.25) is 5.91 Å². The van der Waals surface area contributed by atoms with Crippen molar-refractivity contribution in [1.29, 1.82) is 0 Å². The van der Waals surface area contributed by atoms with E-state index >= 15 is 0 Å². The van der Waals surface area contributed by atoms with Crippen LogP contribution in [0.4, 0.5) is 0 Å². The Morgan fingerprint density at radius 3 is 3.00 bits per heavy atom. The minimum atomic E-state index is 0.171. The van der Waals surface area contributed by atoms with Gasteiger partial charge >= 0.3 is 0 Å². The summed E-state index contributed by atoms with van der Waals surface area (Å²) in [6.45, 7) is 1.97. The number of likely N-dealkylation sites (tertiary alicyclic amines) is 1. The van der Waals surface area contributed by atoms with E-state index in [4.69, 9.17) is 10.8 Å². The summed E-state index contributed by atoms with van der Waals surface area (Å²) in [5.41, 5.74) is 5.35. The van der Waals surface area contributed by atoms with Crippen LogP contribution in [0.15, 0.2) is 0 Å². The molecule has 1 unspecified atom stereocenters. The van der Waals surface area contributed by atoms with Gasteiger partial charge in [-0.2, -0.15) is 0 Å². The first-order valence-electron chi connectivity index (χ1n) is 4.36. The SMILES string of the molecule is NCCN1CC(CO)CCC1=O. The molecule has 1 saturated heterocycles. The van der Waals surface area contributed by atoms with Gasteiger partial charge in [0, 0.05) is 38.6 Å². The lowest BCUT2D eigenvalue weighted by atomic mass is 9.98. The average molecular weight is 172 g/mol. The number of nitrogens with two attached hydrogens (primary N) is 1. The smallest absolute Gasteiger partial charge is 0.222 e. The average Bonchev–Trinajstić information content (AvgIpc) is 2.09. The van der Waals surface area contributed by atoms with Gasteiger partial charge < -0.3 is 15.7 Å². The highest BCUT2D eigenvalue weighted by atomic mass is 16.3. The normalized spacial score (nSPS) is 24.7. The molecule has 0 saturated carbocycles. The van der Waals surface area contributed by atoms with Crippen molar-refractivity contribution >= 4 is 5.91 Å². The molecule has 1 atom stereocenters. The molecule has 1 aliphatic heterocycles. The molecule has 1 fully saturated rings. The Bertz CT molecular complexity index is 161. The number of carbonyl (C=O) groups is 1. The van der Waals surface area contributed by atoms with Crippen LogP contribution in [0.5, 0.6) is 0 Å². The highest BCUT2D eigenvalue weighted by molar-refractivity contribution is 5.76. The highest BCUT2D eigenvalue weighted by Gasteiger charge is 2.23. The van der Waals surface area contributed by atoms with Gasteiger partial charge in [-0.3, -0.25) is 4.79 Å². The lowest BCUT2D eigenvalue weighted by molar-refractivity contribution is -0.135. The van der Waals surface area contributed by atoms with Gasteiger partial charge in [0.05, 0.1) is 0 Å². The van der Waals surface area contributed by atoms with Crippen molar-refractivity contribution < 1.29 is 9.90 Å². The van der Waals surface area contributed by atoms with Crippen LogP contribution in [-0.2, 0) is 4.79 Å². The summed E-state index contributed by atoms with van der Waals surface area (Å²) in [5, 5.41) is 8.89. The third kappa shape index (κ3) is 2.19. The fraction of sp³-hybridized carbons (Fsp3) is 0.875. The molecule has 4 heteroatoms. The summed E-state index contributed by atoms with van der Waals surface area (Å²) >= 11 is 0. The van der Waals surface area contributed by atoms with Crippen LogP contribution in [0.1, 0.15) is 12.8 Å². The number of rotatable bonds is 3. The number of hydrogen-bond acceptors (Lipinski definition) is 3. The quantitative estimate of drug-likeness (QED) is 0.584. The Balaban J connectivity index is 2.41. The summed E-state index contributed by atoms with van der Waals surface area (Å²) in [7, 11) is 0. The molecular weight excluding hydrogens is 156 g/mol. The van der Waals surface area contributed by atoms with Crippen molar-refractivity contribution in [3.63, 3.8) is 0 Å². The molecule has 0 bridgehead atoms. The molecule has 12 heavy (non-hydrogen) atoms. The first-order chi connectivity index (χ1) is 5.77. The van der Waals surface area contributed by atoms with Gasteiger partial charge in [0.15, 0.2) is 0 Å². The number of nitrogens with zero attached hydrogens (tertiary/aromatic N) is 1. The van der Waals surface area contributed by atoms with Crippen LogP contribution in [0, 0.1) is 5.92 Å². The fourth-order valence-corrected chi connectivity index (χ4v) is 1.51. The molecular formula is C8H16N2O2. The molecule has 3 N–H and O–H groups in total. The maximum Gasteiger partial charge on any atom is 0.222 e. The second-order valence-corrected chi connectivity index (χ2v) is 3.22. The van der Waals surface area contributed by atoms with Crippen LogP contribution in [0.3, 0.4) is 0 Å². The number of hydrogen-bond donors (Lipinski definition) is 2. The van der Waals surface area contributed by atoms with Crippen molar-refractivity contribution in [1.82, 2.24) is 4.90 Å². The van der Waals surface area contributed by atoms with Crippen molar-refractivity contribution in [2.45, 2.75) is 12.8 Å². The van der Waals surface area contributed by atoms with Gasteiger partial charge in [0.1, 0.15) is 0 Å². The van der Waals surface area contributed by atoms with Crippen LogP contribution in [0.2, 0.25) is 0 Å². The van der Waals surface area contributed by atoms with Crippen LogP contribution in [-0.4, -0.2) is 42.2 Å². The first-order valence-corrected chi connectivity index (χ1v) is 4.36. The van der Waals surface area contributed by atoms with E-state index in [1.807, 2.05) is 0 Å². The second-order valence-electron chi connectivity index (χ2n) is 3.22. The predicted octanol–water partition coefficient (Wildman–Crippen LogP) is -0.824. The summed E-state index contributed by atoms with van der Waals surface area (Å²) in [6.07, 6.45) is 1.38. The zero-order chi connectivity index (χ0) is 8.97. The zero-order valence-corrected chi connectivity index (χ0v) is 7.20. The third-order valence-electron chi connectivity index (χ3n) is 2.25. The minimum absolute atomic E-state index is 0.171. The molecule has 0 aromatic carbocycles. The van der Waals surface area contributed by atoms with Crippen molar-refractivity contribution in [3.8, 4) is 0 Å². The molecule has 4 nitrogen and oxygen atoms in total. The lowest BCUT2D eigenvalue weighted by Gasteiger charge is -2.31. The number of amides is 1. The monoisotopic (exact) mass is 172 g/mol. The number of aliphatic hydroxyl groups is 1. The molecule has 70 valence electrons. The van der Waals surface area contributed by atoms with E-state index in [0.29, 0.717) is 26.1 Å². The summed E-state index contributed by atoms with van der Waals surface area (Å²) in [4.78, 5) is 13.0. The summed E-state index contributed by atoms with van der Waals surface area (Å²) in [6, 6.07) is 0. The van der Waals surface area contributed by atoms with E-state index in [-0.39, 0.29) is 18.4 Å². The van der Waals surface area contributed by atoms with Gasteiger partial charge in [-0.05, 0) is 6.42 Å². The van der Waals surface area contributed by atoms with E-state index < -0.39 is 0 Å². The van der Waals surface area contributed by atoms with Gasteiger partial charge in [0.25, 0.3) is 0 Å². The largest absolute Gasteiger partial charge is 0.396 e. The van der Waals surface area contributed by atoms with Gasteiger partial charge in [-0.15, -0.1) is 0 Å². The van der Waals surface area contributed by atoms with E-state index in [9.17, 15) is 4.79 Å². The standard InChI is InChI=1S/C8H16N2O2/c9-3-4-10-5-7(6-11)1-2-8(10)12/h7,11H,1-6,9H2. The molecule has 1 heterocycles. The molecule has 0 spiro atoms. The first kappa shape index (κ1) is 9.48. The Hall–Kier alpha value is -0.610. The Labute approximate surface area is 72.3 Å². The van der Waals surface area contributed by atoms with Crippen molar-refractivity contribution in [2.75, 3.05) is 26.2 Å². The third-order valence-corrected chi connectivity index (χ3v) is 2.25. The number of aliphatic hydroxyl groups excluding tert-OH is 1.